The zero-order valence-corrected chi connectivity index (χ0v) is 17.8. The largest absolute Gasteiger partial charge is 0.467 e. The summed E-state index contributed by atoms with van der Waals surface area (Å²) in [4.78, 5) is 2.24. The van der Waals surface area contributed by atoms with E-state index in [0.29, 0.717) is 23.1 Å². The first-order chi connectivity index (χ1) is 14.7. The Balaban J connectivity index is 1.49. The minimum atomic E-state index is -0.299. The third-order valence-electron chi connectivity index (χ3n) is 5.18. The molecule has 6 nitrogen and oxygen atoms in total. The normalized spacial score (nSPS) is 15.9. The van der Waals surface area contributed by atoms with Crippen LogP contribution in [0, 0.1) is 5.82 Å². The predicted molar refractivity (Wildman–Crippen MR) is 114 cm³/mol. The monoisotopic (exact) mass is 446 g/mol. The first kappa shape index (κ1) is 19.7. The molecule has 1 saturated heterocycles. The van der Waals surface area contributed by atoms with E-state index in [2.05, 4.69) is 15.1 Å². The van der Waals surface area contributed by atoms with Crippen molar-refractivity contribution in [3.63, 3.8) is 0 Å². The molecule has 3 aromatic rings. The van der Waals surface area contributed by atoms with Crippen molar-refractivity contribution in [2.24, 2.45) is 0 Å². The van der Waals surface area contributed by atoms with Gasteiger partial charge in [-0.15, -0.1) is 10.2 Å². The van der Waals surface area contributed by atoms with Gasteiger partial charge >= 0.3 is 0 Å². The molecule has 5 rings (SSSR count). The minimum absolute atomic E-state index is 0.175. The van der Waals surface area contributed by atoms with E-state index in [1.54, 1.807) is 0 Å². The molecule has 2 aliphatic heterocycles. The van der Waals surface area contributed by atoms with Gasteiger partial charge in [-0.3, -0.25) is 4.57 Å². The number of aromatic nitrogens is 3. The number of halogens is 2. The van der Waals surface area contributed by atoms with E-state index in [1.165, 1.54) is 23.9 Å². The summed E-state index contributed by atoms with van der Waals surface area (Å²) in [6.07, 6.45) is 2.28. The van der Waals surface area contributed by atoms with Gasteiger partial charge < -0.3 is 14.4 Å². The summed E-state index contributed by atoms with van der Waals surface area (Å²) in [6, 6.07) is 10.6. The summed E-state index contributed by atoms with van der Waals surface area (Å²) in [5, 5.41) is 10.3. The second kappa shape index (κ2) is 8.45. The molecule has 0 aliphatic carbocycles. The molecule has 0 spiro atoms. The number of rotatable bonds is 5. The Labute approximate surface area is 182 Å². The molecule has 0 bridgehead atoms. The molecule has 156 valence electrons. The van der Waals surface area contributed by atoms with Crippen molar-refractivity contribution in [1.29, 1.82) is 0 Å². The van der Waals surface area contributed by atoms with E-state index < -0.39 is 0 Å². The smallest absolute Gasteiger partial charge is 0.232 e. The summed E-state index contributed by atoms with van der Waals surface area (Å²) < 4.78 is 27.0. The van der Waals surface area contributed by atoms with Gasteiger partial charge in [-0.1, -0.05) is 29.4 Å². The third kappa shape index (κ3) is 3.87. The number of hydrogen-bond acceptors (Lipinski definition) is 6. The molecule has 1 fully saturated rings. The SMILES string of the molecule is Fc1cc2c(c(CSc3nnc(N4CCCC4)n3-c3cccc(Cl)c3)c1)OCOC2. The number of anilines is 1. The zero-order chi connectivity index (χ0) is 20.5. The fourth-order valence-corrected chi connectivity index (χ4v) is 4.92. The van der Waals surface area contributed by atoms with Crippen LogP contribution in [0.25, 0.3) is 5.69 Å². The van der Waals surface area contributed by atoms with E-state index in [0.717, 1.165) is 53.9 Å². The van der Waals surface area contributed by atoms with Gasteiger partial charge in [0.1, 0.15) is 11.6 Å². The van der Waals surface area contributed by atoms with Crippen LogP contribution in [0.2, 0.25) is 5.02 Å². The molecule has 2 aromatic carbocycles. The van der Waals surface area contributed by atoms with E-state index in [1.807, 2.05) is 28.8 Å². The highest BCUT2D eigenvalue weighted by molar-refractivity contribution is 7.98. The van der Waals surface area contributed by atoms with E-state index in [9.17, 15) is 4.39 Å². The lowest BCUT2D eigenvalue weighted by molar-refractivity contribution is -0.0171. The van der Waals surface area contributed by atoms with E-state index >= 15 is 0 Å². The van der Waals surface area contributed by atoms with Crippen LogP contribution in [0.5, 0.6) is 5.75 Å². The number of fused-ring (bicyclic) bond motifs is 1. The van der Waals surface area contributed by atoms with Gasteiger partial charge in [-0.05, 0) is 43.2 Å². The van der Waals surface area contributed by atoms with Crippen molar-refractivity contribution in [2.75, 3.05) is 24.8 Å². The maximum atomic E-state index is 14.1. The lowest BCUT2D eigenvalue weighted by atomic mass is 10.1. The molecule has 30 heavy (non-hydrogen) atoms. The lowest BCUT2D eigenvalue weighted by Crippen LogP contribution is -2.22. The number of ether oxygens (including phenoxy) is 2. The van der Waals surface area contributed by atoms with Crippen LogP contribution in [-0.2, 0) is 17.1 Å². The van der Waals surface area contributed by atoms with Crippen LogP contribution in [0.1, 0.15) is 24.0 Å². The van der Waals surface area contributed by atoms with Crippen molar-refractivity contribution >= 4 is 29.3 Å². The first-order valence-corrected chi connectivity index (χ1v) is 11.2. The molecule has 0 radical (unpaired) electrons. The van der Waals surface area contributed by atoms with E-state index in [4.69, 9.17) is 21.1 Å². The van der Waals surface area contributed by atoms with Crippen LogP contribution in [0.4, 0.5) is 10.3 Å². The average molecular weight is 447 g/mol. The highest BCUT2D eigenvalue weighted by Gasteiger charge is 2.24. The highest BCUT2D eigenvalue weighted by atomic mass is 35.5. The molecular weight excluding hydrogens is 427 g/mol. The summed E-state index contributed by atoms with van der Waals surface area (Å²) in [5.41, 5.74) is 2.41. The van der Waals surface area contributed by atoms with Gasteiger partial charge in [0, 0.05) is 35.0 Å². The summed E-state index contributed by atoms with van der Waals surface area (Å²) in [5.74, 6) is 1.71. The number of benzene rings is 2. The topological polar surface area (TPSA) is 52.4 Å². The fourth-order valence-electron chi connectivity index (χ4n) is 3.83. The standard InChI is InChI=1S/C21H20ClFN4O2S/c22-16-4-3-5-18(10-16)27-20(26-6-1-2-7-26)24-25-21(27)30-12-15-9-17(23)8-14-11-28-13-29-19(14)15/h3-5,8-10H,1-2,6-7,11-13H2. The number of thioether (sulfide) groups is 1. The third-order valence-corrected chi connectivity index (χ3v) is 6.39. The van der Waals surface area contributed by atoms with Gasteiger partial charge in [0.05, 0.1) is 12.3 Å². The number of hydrogen-bond donors (Lipinski definition) is 0. The van der Waals surface area contributed by atoms with Gasteiger partial charge in [0.25, 0.3) is 0 Å². The van der Waals surface area contributed by atoms with Crippen LogP contribution in [0.3, 0.4) is 0 Å². The first-order valence-electron chi connectivity index (χ1n) is 9.80. The van der Waals surface area contributed by atoms with Crippen LogP contribution >= 0.6 is 23.4 Å². The highest BCUT2D eigenvalue weighted by Crippen LogP contribution is 2.36. The van der Waals surface area contributed by atoms with Gasteiger partial charge in [0.2, 0.25) is 5.95 Å². The average Bonchev–Trinajstić information content (AvgIpc) is 3.41. The van der Waals surface area contributed by atoms with Crippen molar-refractivity contribution in [1.82, 2.24) is 14.8 Å². The minimum Gasteiger partial charge on any atom is -0.467 e. The quantitative estimate of drug-likeness (QED) is 0.524. The Hall–Kier alpha value is -2.29. The predicted octanol–water partition coefficient (Wildman–Crippen LogP) is 4.82. The van der Waals surface area contributed by atoms with E-state index in [-0.39, 0.29) is 12.6 Å². The van der Waals surface area contributed by atoms with Crippen molar-refractivity contribution in [2.45, 2.75) is 30.4 Å². The van der Waals surface area contributed by atoms with Crippen LogP contribution in [0.15, 0.2) is 41.6 Å². The van der Waals surface area contributed by atoms with Gasteiger partial charge in [-0.2, -0.15) is 0 Å². The van der Waals surface area contributed by atoms with Gasteiger partial charge in [0.15, 0.2) is 11.9 Å². The van der Waals surface area contributed by atoms with Crippen molar-refractivity contribution in [3.8, 4) is 11.4 Å². The molecule has 0 amide bonds. The maximum absolute atomic E-state index is 14.1. The fraction of sp³-hybridized carbons (Fsp3) is 0.333. The molecule has 2 aliphatic rings. The molecule has 0 unspecified atom stereocenters. The molecule has 0 N–H and O–H groups in total. The Morgan fingerprint density at radius 2 is 2.00 bits per heavy atom. The molecule has 0 saturated carbocycles. The molecule has 1 aromatic heterocycles. The van der Waals surface area contributed by atoms with Crippen LogP contribution < -0.4 is 9.64 Å². The summed E-state index contributed by atoms with van der Waals surface area (Å²) >= 11 is 7.75. The second-order valence-electron chi connectivity index (χ2n) is 7.24. The maximum Gasteiger partial charge on any atom is 0.232 e. The summed E-state index contributed by atoms with van der Waals surface area (Å²) in [6.45, 7) is 2.43. The molecule has 0 atom stereocenters. The van der Waals surface area contributed by atoms with Crippen molar-refractivity contribution < 1.29 is 13.9 Å². The van der Waals surface area contributed by atoms with Crippen LogP contribution in [-0.4, -0.2) is 34.6 Å². The summed E-state index contributed by atoms with van der Waals surface area (Å²) in [7, 11) is 0. The lowest BCUT2D eigenvalue weighted by Gasteiger charge is -2.21. The zero-order valence-electron chi connectivity index (χ0n) is 16.2. The molecular formula is C21H20ClFN4O2S. The van der Waals surface area contributed by atoms with Gasteiger partial charge in [-0.25, -0.2) is 4.39 Å². The Kier molecular flexibility index (Phi) is 5.54. The Morgan fingerprint density at radius 3 is 2.83 bits per heavy atom. The Morgan fingerprint density at radius 1 is 1.13 bits per heavy atom. The second-order valence-corrected chi connectivity index (χ2v) is 8.62. The molecule has 3 heterocycles. The number of nitrogens with zero attached hydrogens (tertiary/aromatic N) is 4. The Bertz CT molecular complexity index is 1070. The molecule has 9 heteroatoms. The van der Waals surface area contributed by atoms with Crippen molar-refractivity contribution in [3.05, 3.63) is 58.4 Å².